The zero-order valence-corrected chi connectivity index (χ0v) is 10.9. The summed E-state index contributed by atoms with van der Waals surface area (Å²) in [5.74, 6) is 0.0945. The van der Waals surface area contributed by atoms with Gasteiger partial charge in [-0.1, -0.05) is 0 Å². The van der Waals surface area contributed by atoms with Crippen LogP contribution >= 0.6 is 0 Å². The van der Waals surface area contributed by atoms with Crippen LogP contribution in [0.3, 0.4) is 0 Å². The molecule has 0 atom stereocenters. The molecule has 2 rings (SSSR count). The molecule has 2 saturated carbocycles. The first-order chi connectivity index (χ1) is 7.93. The van der Waals surface area contributed by atoms with Gasteiger partial charge in [0, 0.05) is 12.0 Å². The van der Waals surface area contributed by atoms with Crippen LogP contribution in [-0.4, -0.2) is 29.7 Å². The first kappa shape index (κ1) is 12.8. The van der Waals surface area contributed by atoms with Crippen LogP contribution in [0.15, 0.2) is 0 Å². The minimum Gasteiger partial charge on any atom is -0.376 e. The van der Waals surface area contributed by atoms with Gasteiger partial charge >= 0.3 is 0 Å². The Balaban J connectivity index is 1.79. The van der Waals surface area contributed by atoms with E-state index in [1.54, 1.807) is 0 Å². The number of carbonyl (C=O) groups is 1. The molecule has 0 aromatic heterocycles. The first-order valence-electron chi connectivity index (χ1n) is 6.65. The van der Waals surface area contributed by atoms with Crippen molar-refractivity contribution >= 4 is 5.91 Å². The van der Waals surface area contributed by atoms with Crippen LogP contribution in [0.2, 0.25) is 0 Å². The third-order valence-corrected chi connectivity index (χ3v) is 3.81. The number of amides is 1. The predicted octanol–water partition coefficient (Wildman–Crippen LogP) is 1.33. The van der Waals surface area contributed by atoms with E-state index in [1.807, 2.05) is 13.8 Å². The lowest BCUT2D eigenvalue weighted by Crippen LogP contribution is -2.57. The molecule has 3 N–H and O–H groups in total. The van der Waals surface area contributed by atoms with Gasteiger partial charge in [-0.25, -0.2) is 0 Å². The van der Waals surface area contributed by atoms with Gasteiger partial charge < -0.3 is 15.8 Å². The fourth-order valence-corrected chi connectivity index (χ4v) is 2.23. The zero-order valence-electron chi connectivity index (χ0n) is 10.9. The average Bonchev–Trinajstić information content (AvgIpc) is 2.87. The van der Waals surface area contributed by atoms with Crippen molar-refractivity contribution in [3.63, 3.8) is 0 Å². The summed E-state index contributed by atoms with van der Waals surface area (Å²) in [4.78, 5) is 11.9. The maximum absolute atomic E-state index is 11.9. The molecular weight excluding hydrogens is 216 g/mol. The normalized spacial score (nSPS) is 24.2. The molecule has 0 radical (unpaired) electrons. The smallest absolute Gasteiger partial charge is 0.222 e. The van der Waals surface area contributed by atoms with Crippen molar-refractivity contribution in [2.45, 2.75) is 69.6 Å². The second kappa shape index (κ2) is 4.58. The Labute approximate surface area is 103 Å². The van der Waals surface area contributed by atoms with Crippen LogP contribution in [0.1, 0.15) is 52.4 Å². The van der Waals surface area contributed by atoms with Crippen LogP contribution in [0.4, 0.5) is 0 Å². The van der Waals surface area contributed by atoms with Crippen LogP contribution < -0.4 is 11.1 Å². The lowest BCUT2D eigenvalue weighted by atomic mass is 9.77. The topological polar surface area (TPSA) is 64.3 Å². The van der Waals surface area contributed by atoms with Gasteiger partial charge in [0.2, 0.25) is 5.91 Å². The van der Waals surface area contributed by atoms with Crippen molar-refractivity contribution in [3.8, 4) is 0 Å². The Kier molecular flexibility index (Phi) is 3.46. The lowest BCUT2D eigenvalue weighted by molar-refractivity contribution is -0.126. The van der Waals surface area contributed by atoms with Gasteiger partial charge in [0.1, 0.15) is 0 Å². The van der Waals surface area contributed by atoms with E-state index < -0.39 is 0 Å². The van der Waals surface area contributed by atoms with E-state index in [4.69, 9.17) is 10.5 Å². The van der Waals surface area contributed by atoms with E-state index in [9.17, 15) is 4.79 Å². The van der Waals surface area contributed by atoms with Crippen LogP contribution in [-0.2, 0) is 9.53 Å². The molecular formula is C13H24N2O2. The van der Waals surface area contributed by atoms with E-state index in [0.717, 1.165) is 25.7 Å². The molecule has 0 saturated heterocycles. The largest absolute Gasteiger partial charge is 0.376 e. The van der Waals surface area contributed by atoms with Crippen LogP contribution in [0.5, 0.6) is 0 Å². The Morgan fingerprint density at radius 2 is 2.00 bits per heavy atom. The number of nitrogens with two attached hydrogens (primary N) is 1. The summed E-state index contributed by atoms with van der Waals surface area (Å²) in [6, 6.07) is 0. The molecule has 4 heteroatoms. The summed E-state index contributed by atoms with van der Waals surface area (Å²) >= 11 is 0. The number of nitrogens with one attached hydrogen (secondary N) is 1. The van der Waals surface area contributed by atoms with Gasteiger partial charge in [0.25, 0.3) is 0 Å². The molecule has 0 heterocycles. The van der Waals surface area contributed by atoms with Gasteiger partial charge in [0.15, 0.2) is 0 Å². The Bertz CT molecular complexity index is 294. The highest BCUT2D eigenvalue weighted by atomic mass is 16.5. The maximum atomic E-state index is 11.9. The van der Waals surface area contributed by atoms with E-state index in [2.05, 4.69) is 5.32 Å². The quantitative estimate of drug-likeness (QED) is 0.736. The van der Waals surface area contributed by atoms with Gasteiger partial charge in [-0.15, -0.1) is 0 Å². The number of hydrogen-bond acceptors (Lipinski definition) is 3. The molecule has 2 fully saturated rings. The van der Waals surface area contributed by atoms with Crippen molar-refractivity contribution in [1.29, 1.82) is 0 Å². The van der Waals surface area contributed by atoms with E-state index in [-0.39, 0.29) is 23.1 Å². The van der Waals surface area contributed by atoms with Crippen molar-refractivity contribution in [3.05, 3.63) is 0 Å². The summed E-state index contributed by atoms with van der Waals surface area (Å²) < 4.78 is 5.65. The van der Waals surface area contributed by atoms with Crippen LogP contribution in [0.25, 0.3) is 0 Å². The molecule has 0 aromatic carbocycles. The lowest BCUT2D eigenvalue weighted by Gasteiger charge is -2.42. The average molecular weight is 240 g/mol. The molecule has 98 valence electrons. The minimum atomic E-state index is -0.200. The molecule has 0 aliphatic heterocycles. The molecule has 2 aliphatic rings. The van der Waals surface area contributed by atoms with E-state index in [1.165, 1.54) is 6.42 Å². The second-order valence-corrected chi connectivity index (χ2v) is 6.08. The summed E-state index contributed by atoms with van der Waals surface area (Å²) in [5, 5.41) is 3.14. The maximum Gasteiger partial charge on any atom is 0.222 e. The van der Waals surface area contributed by atoms with Gasteiger partial charge in [-0.2, -0.15) is 0 Å². The molecule has 17 heavy (non-hydrogen) atoms. The molecule has 0 spiro atoms. The summed E-state index contributed by atoms with van der Waals surface area (Å²) in [6.07, 6.45) is 5.89. The summed E-state index contributed by atoms with van der Waals surface area (Å²) in [6.45, 7) is 4.68. The Morgan fingerprint density at radius 3 is 2.41 bits per heavy atom. The monoisotopic (exact) mass is 240 g/mol. The highest BCUT2D eigenvalue weighted by Crippen LogP contribution is 2.37. The standard InChI is InChI=1S/C13H24N2O2/c1-10(2)17-9-13(4-3-5-13)15-11(16)8-12(14)6-7-12/h10H,3-9,14H2,1-2H3,(H,15,16). The fourth-order valence-electron chi connectivity index (χ4n) is 2.23. The molecule has 0 unspecified atom stereocenters. The highest BCUT2D eigenvalue weighted by Gasteiger charge is 2.43. The van der Waals surface area contributed by atoms with Gasteiger partial charge in [-0.05, 0) is 46.0 Å². The summed E-state index contributed by atoms with van der Waals surface area (Å²) in [5.41, 5.74) is 5.65. The number of rotatable bonds is 6. The van der Waals surface area contributed by atoms with Gasteiger partial charge in [-0.3, -0.25) is 4.79 Å². The molecule has 0 aromatic rings. The number of hydrogen-bond donors (Lipinski definition) is 2. The highest BCUT2D eigenvalue weighted by molar-refractivity contribution is 5.78. The minimum absolute atomic E-state index is 0.0945. The second-order valence-electron chi connectivity index (χ2n) is 6.08. The Hall–Kier alpha value is -0.610. The molecule has 0 bridgehead atoms. The number of ether oxygens (including phenoxy) is 1. The summed E-state index contributed by atoms with van der Waals surface area (Å²) in [7, 11) is 0. The van der Waals surface area contributed by atoms with Gasteiger partial charge in [0.05, 0.1) is 18.2 Å². The molecule has 1 amide bonds. The predicted molar refractivity (Wildman–Crippen MR) is 66.6 cm³/mol. The first-order valence-corrected chi connectivity index (χ1v) is 6.65. The van der Waals surface area contributed by atoms with Crippen molar-refractivity contribution < 1.29 is 9.53 Å². The SMILES string of the molecule is CC(C)OCC1(NC(=O)CC2(N)CC2)CCC1. The third-order valence-electron chi connectivity index (χ3n) is 3.81. The molecule has 4 nitrogen and oxygen atoms in total. The van der Waals surface area contributed by atoms with Crippen molar-refractivity contribution in [1.82, 2.24) is 5.32 Å². The Morgan fingerprint density at radius 1 is 1.35 bits per heavy atom. The molecule has 2 aliphatic carbocycles. The van der Waals surface area contributed by atoms with Crippen molar-refractivity contribution in [2.75, 3.05) is 6.61 Å². The van der Waals surface area contributed by atoms with E-state index >= 15 is 0 Å². The van der Waals surface area contributed by atoms with Crippen LogP contribution in [0, 0.1) is 0 Å². The van der Waals surface area contributed by atoms with E-state index in [0.29, 0.717) is 13.0 Å². The number of carbonyl (C=O) groups excluding carboxylic acids is 1. The third kappa shape index (κ3) is 3.42. The fraction of sp³-hybridized carbons (Fsp3) is 0.923. The zero-order chi connectivity index (χ0) is 12.5. The van der Waals surface area contributed by atoms with Crippen molar-refractivity contribution in [2.24, 2.45) is 5.73 Å².